The van der Waals surface area contributed by atoms with Crippen molar-refractivity contribution < 1.29 is 4.32 Å². The fourth-order valence-corrected chi connectivity index (χ4v) is 4.21. The number of aromatic nitrogens is 2. The molecule has 0 aliphatic heterocycles. The average Bonchev–Trinajstić information content (AvgIpc) is 3.14. The maximum absolute atomic E-state index is 14.3. The summed E-state index contributed by atoms with van der Waals surface area (Å²) in [4.78, 5) is 3.36. The van der Waals surface area contributed by atoms with Crippen LogP contribution in [0.25, 0.3) is 28.1 Å². The summed E-state index contributed by atoms with van der Waals surface area (Å²) in [5.74, 6) is 1.54. The van der Waals surface area contributed by atoms with Gasteiger partial charge in [0.05, 0.1) is 0 Å². The predicted molar refractivity (Wildman–Crippen MR) is 123 cm³/mol. The first-order chi connectivity index (χ1) is 13.9. The third-order valence-electron chi connectivity index (χ3n) is 5.45. The van der Waals surface area contributed by atoms with Crippen molar-refractivity contribution in [2.45, 2.75) is 27.7 Å². The number of H-pyrrole nitrogens is 1. The molecule has 0 saturated carbocycles. The van der Waals surface area contributed by atoms with E-state index in [1.54, 1.807) is 4.48 Å². The van der Waals surface area contributed by atoms with Crippen molar-refractivity contribution >= 4 is 36.2 Å². The molecule has 2 heterocycles. The molecular weight excluding hydrogens is 360 g/mol. The summed E-state index contributed by atoms with van der Waals surface area (Å²) in [6, 6.07) is 14.3. The van der Waals surface area contributed by atoms with Crippen LogP contribution in [0.4, 0.5) is 16.0 Å². The van der Waals surface area contributed by atoms with E-state index in [0.29, 0.717) is 13.5 Å². The maximum Gasteiger partial charge on any atom is 0.496 e. The fraction of sp³-hybridized carbons (Fsp3) is 0.167. The number of anilines is 2. The SMILES string of the molecule is C=Cc1c(C)[nH]c(Nc2c3ccccc3c(-c3cc(C)cc(C)c3)n2[B]F)c1C. The van der Waals surface area contributed by atoms with E-state index >= 15 is 0 Å². The minimum absolute atomic E-state index is 0.634. The largest absolute Gasteiger partial charge is 0.496 e. The Labute approximate surface area is 171 Å². The number of nitrogens with one attached hydrogen (secondary N) is 2. The second kappa shape index (κ2) is 7.32. The van der Waals surface area contributed by atoms with Crippen LogP contribution < -0.4 is 5.32 Å². The Morgan fingerprint density at radius 2 is 1.69 bits per heavy atom. The fourth-order valence-electron chi connectivity index (χ4n) is 4.21. The number of aryl methyl sites for hydroxylation is 3. The number of rotatable bonds is 5. The van der Waals surface area contributed by atoms with Crippen LogP contribution in [0.1, 0.15) is 27.9 Å². The van der Waals surface area contributed by atoms with Gasteiger partial charge in [-0.3, -0.25) is 0 Å². The molecule has 1 radical (unpaired) electrons. The Bertz CT molecular complexity index is 1210. The van der Waals surface area contributed by atoms with Crippen molar-refractivity contribution in [3.05, 3.63) is 77.0 Å². The molecule has 0 unspecified atom stereocenters. The van der Waals surface area contributed by atoms with Crippen molar-refractivity contribution in [1.82, 2.24) is 9.46 Å². The Balaban J connectivity index is 1.97. The molecule has 5 heteroatoms. The van der Waals surface area contributed by atoms with Gasteiger partial charge in [0.2, 0.25) is 0 Å². The molecule has 2 N–H and O–H groups in total. The number of benzene rings is 2. The Kier molecular flexibility index (Phi) is 4.83. The van der Waals surface area contributed by atoms with E-state index in [1.807, 2.05) is 44.2 Å². The first kappa shape index (κ1) is 19.1. The summed E-state index contributed by atoms with van der Waals surface area (Å²) in [5, 5.41) is 5.40. The minimum Gasteiger partial charge on any atom is -0.345 e. The summed E-state index contributed by atoms with van der Waals surface area (Å²) in [7, 11) is 0.634. The standard InChI is InChI=1S/C24H24BFN3/c1-6-19-16(4)23(27-17(19)5)28-24-21-10-8-7-9-20(21)22(29(24)25-26)18-12-14(2)11-15(3)13-18/h6-13,27-28H,1H2,2-5H3. The lowest BCUT2D eigenvalue weighted by Crippen LogP contribution is -2.08. The Morgan fingerprint density at radius 3 is 2.28 bits per heavy atom. The van der Waals surface area contributed by atoms with Crippen LogP contribution in [-0.2, 0) is 0 Å². The summed E-state index contributed by atoms with van der Waals surface area (Å²) >= 11 is 0. The van der Waals surface area contributed by atoms with Crippen LogP contribution in [0.15, 0.2) is 49.0 Å². The van der Waals surface area contributed by atoms with Gasteiger partial charge >= 0.3 is 7.69 Å². The van der Waals surface area contributed by atoms with Gasteiger partial charge in [-0.1, -0.05) is 54.1 Å². The minimum atomic E-state index is 0.634. The van der Waals surface area contributed by atoms with Crippen molar-refractivity contribution in [3.8, 4) is 11.3 Å². The van der Waals surface area contributed by atoms with E-state index < -0.39 is 0 Å². The number of hydrogen-bond acceptors (Lipinski definition) is 1. The smallest absolute Gasteiger partial charge is 0.345 e. The third-order valence-corrected chi connectivity index (χ3v) is 5.45. The molecule has 0 bridgehead atoms. The van der Waals surface area contributed by atoms with Gasteiger partial charge in [0.1, 0.15) is 11.6 Å². The number of nitrogens with zero attached hydrogens (tertiary/aromatic N) is 1. The molecule has 0 atom stereocenters. The van der Waals surface area contributed by atoms with Crippen molar-refractivity contribution in [2.75, 3.05) is 5.32 Å². The molecule has 0 amide bonds. The van der Waals surface area contributed by atoms with Gasteiger partial charge in [-0.05, 0) is 56.5 Å². The van der Waals surface area contributed by atoms with E-state index in [2.05, 4.69) is 48.9 Å². The first-order valence-corrected chi connectivity index (χ1v) is 9.68. The van der Waals surface area contributed by atoms with E-state index in [-0.39, 0.29) is 0 Å². The summed E-state index contributed by atoms with van der Waals surface area (Å²) < 4.78 is 15.9. The molecule has 29 heavy (non-hydrogen) atoms. The molecule has 0 fully saturated rings. The van der Waals surface area contributed by atoms with Crippen LogP contribution in [0, 0.1) is 27.7 Å². The maximum atomic E-state index is 14.3. The molecule has 2 aromatic heterocycles. The summed E-state index contributed by atoms with van der Waals surface area (Å²) in [6.45, 7) is 12.1. The van der Waals surface area contributed by atoms with Crippen LogP contribution >= 0.6 is 0 Å². The van der Waals surface area contributed by atoms with Gasteiger partial charge in [0.15, 0.2) is 0 Å². The zero-order chi connectivity index (χ0) is 20.7. The zero-order valence-electron chi connectivity index (χ0n) is 17.2. The molecule has 145 valence electrons. The number of aromatic amines is 1. The third kappa shape index (κ3) is 3.17. The highest BCUT2D eigenvalue weighted by Crippen LogP contribution is 2.39. The number of fused-ring (bicyclic) bond motifs is 1. The molecule has 4 aromatic rings. The quantitative estimate of drug-likeness (QED) is 0.373. The van der Waals surface area contributed by atoms with Crippen LogP contribution in [0.2, 0.25) is 0 Å². The molecule has 3 nitrogen and oxygen atoms in total. The number of halogens is 1. The molecule has 0 aliphatic rings. The first-order valence-electron chi connectivity index (χ1n) is 9.68. The predicted octanol–water partition coefficient (Wildman–Crippen LogP) is 6.61. The summed E-state index contributed by atoms with van der Waals surface area (Å²) in [5.41, 5.74) is 7.28. The van der Waals surface area contributed by atoms with Crippen molar-refractivity contribution in [2.24, 2.45) is 0 Å². The lowest BCUT2D eigenvalue weighted by molar-refractivity contribution is 0.839. The molecular formula is C24H24BFN3. The van der Waals surface area contributed by atoms with Crippen LogP contribution in [0.5, 0.6) is 0 Å². The monoisotopic (exact) mass is 384 g/mol. The van der Waals surface area contributed by atoms with E-state index in [0.717, 1.165) is 55.8 Å². The molecule has 0 saturated heterocycles. The second-order valence-corrected chi connectivity index (χ2v) is 7.58. The molecule has 4 rings (SSSR count). The van der Waals surface area contributed by atoms with Crippen molar-refractivity contribution in [1.29, 1.82) is 0 Å². The van der Waals surface area contributed by atoms with Gasteiger partial charge in [-0.2, -0.15) is 0 Å². The highest BCUT2D eigenvalue weighted by Gasteiger charge is 2.21. The van der Waals surface area contributed by atoms with Crippen LogP contribution in [-0.4, -0.2) is 17.2 Å². The topological polar surface area (TPSA) is 32.8 Å². The van der Waals surface area contributed by atoms with Gasteiger partial charge < -0.3 is 19.1 Å². The van der Waals surface area contributed by atoms with Gasteiger partial charge in [-0.15, -0.1) is 0 Å². The Hall–Kier alpha value is -3.21. The number of hydrogen-bond donors (Lipinski definition) is 2. The van der Waals surface area contributed by atoms with E-state index in [9.17, 15) is 4.32 Å². The van der Waals surface area contributed by atoms with Crippen LogP contribution in [0.3, 0.4) is 0 Å². The highest BCUT2D eigenvalue weighted by atomic mass is 19.1. The van der Waals surface area contributed by atoms with Gasteiger partial charge in [0.25, 0.3) is 0 Å². The lowest BCUT2D eigenvalue weighted by atomic mass is 10.0. The second-order valence-electron chi connectivity index (χ2n) is 7.58. The van der Waals surface area contributed by atoms with E-state index in [4.69, 9.17) is 0 Å². The zero-order valence-corrected chi connectivity index (χ0v) is 17.2. The molecule has 0 spiro atoms. The Morgan fingerprint density at radius 1 is 1.03 bits per heavy atom. The molecule has 2 aromatic carbocycles. The van der Waals surface area contributed by atoms with E-state index in [1.165, 1.54) is 0 Å². The summed E-state index contributed by atoms with van der Waals surface area (Å²) in [6.07, 6.45) is 1.84. The normalized spacial score (nSPS) is 11.1. The average molecular weight is 384 g/mol. The lowest BCUT2D eigenvalue weighted by Gasteiger charge is -2.12. The molecule has 0 aliphatic carbocycles. The van der Waals surface area contributed by atoms with Crippen molar-refractivity contribution in [3.63, 3.8) is 0 Å². The highest BCUT2D eigenvalue weighted by molar-refractivity contribution is 6.30. The van der Waals surface area contributed by atoms with Gasteiger partial charge in [-0.25, -0.2) is 0 Å². The van der Waals surface area contributed by atoms with Gasteiger partial charge in [0, 0.05) is 22.2 Å².